The molecule has 0 spiro atoms. The lowest BCUT2D eigenvalue weighted by molar-refractivity contribution is -0.119. The van der Waals surface area contributed by atoms with E-state index in [0.29, 0.717) is 26.5 Å². The highest BCUT2D eigenvalue weighted by atomic mass is 35.5. The zero-order valence-electron chi connectivity index (χ0n) is 17.7. The third-order valence-corrected chi connectivity index (χ3v) is 6.12. The number of hydrogen-bond donors (Lipinski definition) is 1. The van der Waals surface area contributed by atoms with Crippen LogP contribution in [0.5, 0.6) is 0 Å². The summed E-state index contributed by atoms with van der Waals surface area (Å²) >= 11 is 18.6. The van der Waals surface area contributed by atoms with Crippen molar-refractivity contribution in [1.82, 2.24) is 10.4 Å². The largest absolute Gasteiger partial charge is 0.284 e. The van der Waals surface area contributed by atoms with Gasteiger partial charge in [-0.2, -0.15) is 5.10 Å². The molecule has 0 radical (unpaired) electrons. The summed E-state index contributed by atoms with van der Waals surface area (Å²) in [6.45, 7) is 5.41. The topological polar surface area (TPSA) is 47.9 Å². The molecule has 166 valence electrons. The second kappa shape index (κ2) is 11.2. The number of anilines is 1. The Morgan fingerprint density at radius 3 is 2.23 bits per heavy atom. The Hall–Kier alpha value is -1.79. The molecule has 1 fully saturated rings. The van der Waals surface area contributed by atoms with Gasteiger partial charge in [0.25, 0.3) is 5.91 Å². The van der Waals surface area contributed by atoms with Gasteiger partial charge in [0, 0.05) is 23.1 Å². The minimum Gasteiger partial charge on any atom is -0.284 e. The summed E-state index contributed by atoms with van der Waals surface area (Å²) in [6.07, 6.45) is 4.55. The van der Waals surface area contributed by atoms with E-state index in [1.165, 1.54) is 12.8 Å². The van der Waals surface area contributed by atoms with Crippen molar-refractivity contribution in [3.05, 3.63) is 63.1 Å². The lowest BCUT2D eigenvalue weighted by atomic mass is 10.1. The van der Waals surface area contributed by atoms with Gasteiger partial charge in [-0.25, -0.2) is 5.01 Å². The molecule has 0 aliphatic carbocycles. The molecule has 3 rings (SSSR count). The van der Waals surface area contributed by atoms with Crippen LogP contribution in [0.2, 0.25) is 15.1 Å². The minimum atomic E-state index is -0.222. The molecule has 2 aromatic rings. The monoisotopic (exact) mass is 480 g/mol. The molecule has 1 saturated heterocycles. The van der Waals surface area contributed by atoms with E-state index >= 15 is 0 Å². The van der Waals surface area contributed by atoms with E-state index in [1.54, 1.807) is 30.1 Å². The van der Waals surface area contributed by atoms with Crippen LogP contribution in [0, 0.1) is 0 Å². The molecule has 8 heteroatoms. The number of carbonyl (C=O) groups excluding carboxylic acids is 1. The van der Waals surface area contributed by atoms with Gasteiger partial charge in [-0.3, -0.25) is 15.2 Å². The maximum atomic E-state index is 12.9. The van der Waals surface area contributed by atoms with E-state index in [4.69, 9.17) is 34.8 Å². The van der Waals surface area contributed by atoms with Gasteiger partial charge >= 0.3 is 0 Å². The van der Waals surface area contributed by atoms with E-state index < -0.39 is 0 Å². The third-order valence-electron chi connectivity index (χ3n) is 5.33. The molecular weight excluding hydrogens is 455 g/mol. The maximum Gasteiger partial charge on any atom is 0.281 e. The molecule has 1 heterocycles. The van der Waals surface area contributed by atoms with E-state index in [1.807, 2.05) is 36.2 Å². The molecule has 0 unspecified atom stereocenters. The lowest BCUT2D eigenvalue weighted by Crippen LogP contribution is -2.45. The molecule has 1 aliphatic rings. The quantitative estimate of drug-likeness (QED) is 0.378. The number of hydrogen-bond acceptors (Lipinski definition) is 4. The van der Waals surface area contributed by atoms with Crippen molar-refractivity contribution in [1.29, 1.82) is 0 Å². The SMILES string of the molecule is C/C(=N\N(c1ccc(Cl)cc1Cl)[C@H](C)c1ccc(Cl)cc1)C(=O)NN1CCCCCC1. The van der Waals surface area contributed by atoms with Gasteiger partial charge in [-0.1, -0.05) is 59.8 Å². The first kappa shape index (κ1) is 23.9. The number of rotatable bonds is 6. The van der Waals surface area contributed by atoms with Crippen LogP contribution in [0.3, 0.4) is 0 Å². The molecular formula is C23H27Cl3N4O. The van der Waals surface area contributed by atoms with Crippen LogP contribution in [0.25, 0.3) is 0 Å². The molecule has 0 aromatic heterocycles. The van der Waals surface area contributed by atoms with Gasteiger partial charge < -0.3 is 0 Å². The Morgan fingerprint density at radius 2 is 1.61 bits per heavy atom. The van der Waals surface area contributed by atoms with Crippen molar-refractivity contribution in [3.63, 3.8) is 0 Å². The van der Waals surface area contributed by atoms with Crippen LogP contribution < -0.4 is 10.4 Å². The highest BCUT2D eigenvalue weighted by Gasteiger charge is 2.21. The molecule has 0 bridgehead atoms. The molecule has 0 saturated carbocycles. The average Bonchev–Trinajstić information content (AvgIpc) is 3.01. The Balaban J connectivity index is 1.89. The fourth-order valence-corrected chi connectivity index (χ4v) is 4.13. The summed E-state index contributed by atoms with van der Waals surface area (Å²) in [5, 5.41) is 10.1. The van der Waals surface area contributed by atoms with Crippen molar-refractivity contribution in [3.8, 4) is 0 Å². The number of nitrogens with zero attached hydrogens (tertiary/aromatic N) is 3. The summed E-state index contributed by atoms with van der Waals surface area (Å²) in [7, 11) is 0. The second-order valence-electron chi connectivity index (χ2n) is 7.70. The summed E-state index contributed by atoms with van der Waals surface area (Å²) in [6, 6.07) is 12.6. The first-order valence-corrected chi connectivity index (χ1v) is 11.6. The lowest BCUT2D eigenvalue weighted by Gasteiger charge is -2.29. The Kier molecular flexibility index (Phi) is 8.61. The highest BCUT2D eigenvalue weighted by molar-refractivity contribution is 6.38. The van der Waals surface area contributed by atoms with Crippen molar-refractivity contribution < 1.29 is 4.79 Å². The Bertz CT molecular complexity index is 925. The van der Waals surface area contributed by atoms with Crippen LogP contribution in [-0.2, 0) is 4.79 Å². The second-order valence-corrected chi connectivity index (χ2v) is 8.98. The molecule has 1 atom stereocenters. The van der Waals surface area contributed by atoms with Gasteiger partial charge in [0.15, 0.2) is 0 Å². The average molecular weight is 482 g/mol. The highest BCUT2D eigenvalue weighted by Crippen LogP contribution is 2.35. The van der Waals surface area contributed by atoms with Crippen molar-refractivity contribution in [2.75, 3.05) is 18.1 Å². The van der Waals surface area contributed by atoms with Crippen LogP contribution in [0.1, 0.15) is 51.1 Å². The van der Waals surface area contributed by atoms with Crippen molar-refractivity contribution >= 4 is 52.1 Å². The summed E-state index contributed by atoms with van der Waals surface area (Å²) in [4.78, 5) is 12.9. The van der Waals surface area contributed by atoms with Crippen LogP contribution in [0.4, 0.5) is 5.69 Å². The number of halogens is 3. The minimum absolute atomic E-state index is 0.197. The van der Waals surface area contributed by atoms with E-state index in [9.17, 15) is 4.79 Å². The first-order chi connectivity index (χ1) is 14.8. The number of hydrazone groups is 1. The molecule has 1 N–H and O–H groups in total. The van der Waals surface area contributed by atoms with Gasteiger partial charge in [-0.15, -0.1) is 0 Å². The molecule has 31 heavy (non-hydrogen) atoms. The maximum absolute atomic E-state index is 12.9. The first-order valence-electron chi connectivity index (χ1n) is 10.5. The van der Waals surface area contributed by atoms with Gasteiger partial charge in [-0.05, 0) is 62.6 Å². The van der Waals surface area contributed by atoms with Gasteiger partial charge in [0.2, 0.25) is 0 Å². The number of hydrazine groups is 1. The predicted molar refractivity (Wildman–Crippen MR) is 130 cm³/mol. The fraction of sp³-hybridized carbons (Fsp3) is 0.391. The van der Waals surface area contributed by atoms with Crippen molar-refractivity contribution in [2.45, 2.75) is 45.6 Å². The third kappa shape index (κ3) is 6.59. The number of benzene rings is 2. The number of nitrogens with one attached hydrogen (secondary N) is 1. The van der Waals surface area contributed by atoms with E-state index in [-0.39, 0.29) is 11.9 Å². The zero-order valence-corrected chi connectivity index (χ0v) is 20.0. The molecule has 5 nitrogen and oxygen atoms in total. The number of amides is 1. The standard InChI is InChI=1S/C23H27Cl3N4O/c1-16(23(31)28-29-13-5-3-4-6-14-29)27-30(22-12-11-20(25)15-21(22)26)17(2)18-7-9-19(24)10-8-18/h7-12,15,17H,3-6,13-14H2,1-2H3,(H,28,31)/b27-16+/t17-/m1/s1. The smallest absolute Gasteiger partial charge is 0.281 e. The summed E-state index contributed by atoms with van der Waals surface area (Å²) in [5.74, 6) is -0.222. The molecule has 1 amide bonds. The summed E-state index contributed by atoms with van der Waals surface area (Å²) in [5.41, 5.74) is 4.98. The Labute approximate surface area is 198 Å². The van der Waals surface area contributed by atoms with Gasteiger partial charge in [0.05, 0.1) is 16.8 Å². The Morgan fingerprint density at radius 1 is 1.00 bits per heavy atom. The summed E-state index contributed by atoms with van der Waals surface area (Å²) < 4.78 is 0. The molecule has 2 aromatic carbocycles. The van der Waals surface area contributed by atoms with E-state index in [0.717, 1.165) is 31.5 Å². The van der Waals surface area contributed by atoms with Crippen LogP contribution in [-0.4, -0.2) is 29.7 Å². The molecule has 1 aliphatic heterocycles. The van der Waals surface area contributed by atoms with Crippen LogP contribution in [0.15, 0.2) is 47.6 Å². The van der Waals surface area contributed by atoms with Gasteiger partial charge in [0.1, 0.15) is 5.71 Å². The normalized spacial score (nSPS) is 16.5. The fourth-order valence-electron chi connectivity index (χ4n) is 3.51. The zero-order chi connectivity index (χ0) is 22.4. The van der Waals surface area contributed by atoms with E-state index in [2.05, 4.69) is 10.5 Å². The number of carbonyl (C=O) groups is 1. The predicted octanol–water partition coefficient (Wildman–Crippen LogP) is 6.50. The van der Waals surface area contributed by atoms with Crippen LogP contribution >= 0.6 is 34.8 Å². The van der Waals surface area contributed by atoms with Crippen molar-refractivity contribution in [2.24, 2.45) is 5.10 Å².